The second-order valence-corrected chi connectivity index (χ2v) is 13.2. The minimum absolute atomic E-state index is 0.00675. The molecule has 7 nitrogen and oxygen atoms in total. The smallest absolute Gasteiger partial charge is 0.310 e. The highest BCUT2D eigenvalue weighted by Gasteiger charge is 2.77. The van der Waals surface area contributed by atoms with Gasteiger partial charge in [0, 0.05) is 22.5 Å². The first-order valence-corrected chi connectivity index (χ1v) is 15.5. The Morgan fingerprint density at radius 1 is 1.30 bits per heavy atom. The van der Waals surface area contributed by atoms with Crippen LogP contribution in [0.15, 0.2) is 49.6 Å². The minimum atomic E-state index is -0.852. The van der Waals surface area contributed by atoms with Crippen LogP contribution in [0.1, 0.15) is 46.5 Å². The number of nitrogens with zero attached hydrogens (tertiary/aromatic N) is 2. The molecular formula is C31H41ClN2O5S. The van der Waals surface area contributed by atoms with Gasteiger partial charge >= 0.3 is 5.97 Å². The van der Waals surface area contributed by atoms with E-state index in [4.69, 9.17) is 16.3 Å². The highest BCUT2D eigenvalue weighted by atomic mass is 35.5. The molecule has 0 radical (unpaired) electrons. The number of esters is 1. The SMILES string of the molecule is C=CCCCOC(=O)[C@@H]1[C@@H]2CC(C)C3(S2)C(C(=O)N(CC=C)c2ccc(Cl)cc2)N([C@@H](CO)[C@@H](C)CC)C(=O)[C@H]13. The van der Waals surface area contributed by atoms with Gasteiger partial charge in [-0.15, -0.1) is 24.9 Å². The van der Waals surface area contributed by atoms with Crippen LogP contribution in [0.25, 0.3) is 0 Å². The van der Waals surface area contributed by atoms with Gasteiger partial charge < -0.3 is 19.6 Å². The summed E-state index contributed by atoms with van der Waals surface area (Å²) in [7, 11) is 0. The van der Waals surface area contributed by atoms with Crippen LogP contribution >= 0.6 is 23.4 Å². The summed E-state index contributed by atoms with van der Waals surface area (Å²) in [5, 5.41) is 11.0. The second kappa shape index (κ2) is 12.7. The molecule has 2 bridgehead atoms. The van der Waals surface area contributed by atoms with Crippen molar-refractivity contribution in [3.63, 3.8) is 0 Å². The first kappa shape index (κ1) is 30.7. The highest BCUT2D eigenvalue weighted by Crippen LogP contribution is 2.69. The second-order valence-electron chi connectivity index (χ2n) is 11.2. The number of unbranched alkanes of at least 4 members (excludes halogenated alkanes) is 1. The van der Waals surface area contributed by atoms with Crippen molar-refractivity contribution in [1.29, 1.82) is 0 Å². The van der Waals surface area contributed by atoms with Crippen molar-refractivity contribution in [2.75, 3.05) is 24.7 Å². The predicted octanol–water partition coefficient (Wildman–Crippen LogP) is 5.11. The zero-order valence-electron chi connectivity index (χ0n) is 23.6. The molecule has 3 saturated heterocycles. The average molecular weight is 589 g/mol. The Hall–Kier alpha value is -2.29. The summed E-state index contributed by atoms with van der Waals surface area (Å²) in [4.78, 5) is 46.0. The molecule has 0 saturated carbocycles. The molecule has 40 heavy (non-hydrogen) atoms. The van der Waals surface area contributed by atoms with Crippen LogP contribution in [0.5, 0.6) is 0 Å². The number of benzene rings is 1. The van der Waals surface area contributed by atoms with Gasteiger partial charge in [-0.2, -0.15) is 0 Å². The van der Waals surface area contributed by atoms with E-state index in [0.717, 1.165) is 12.8 Å². The van der Waals surface area contributed by atoms with Gasteiger partial charge in [0.1, 0.15) is 6.04 Å². The van der Waals surface area contributed by atoms with Gasteiger partial charge in [-0.05, 0) is 55.4 Å². The number of anilines is 1. The van der Waals surface area contributed by atoms with Gasteiger partial charge in [-0.25, -0.2) is 0 Å². The van der Waals surface area contributed by atoms with E-state index in [2.05, 4.69) is 20.1 Å². The van der Waals surface area contributed by atoms with Crippen molar-refractivity contribution < 1.29 is 24.2 Å². The zero-order chi connectivity index (χ0) is 29.2. The molecule has 3 fully saturated rings. The van der Waals surface area contributed by atoms with Crippen molar-refractivity contribution in [3.05, 3.63) is 54.6 Å². The maximum atomic E-state index is 14.7. The number of ether oxygens (including phenoxy) is 1. The first-order chi connectivity index (χ1) is 19.2. The molecule has 9 heteroatoms. The summed E-state index contributed by atoms with van der Waals surface area (Å²) in [5.41, 5.74) is 0.647. The van der Waals surface area contributed by atoms with E-state index in [0.29, 0.717) is 23.6 Å². The number of fused-ring (bicyclic) bond motifs is 1. The Balaban J connectivity index is 1.80. The third-order valence-electron chi connectivity index (χ3n) is 9.05. The van der Waals surface area contributed by atoms with Gasteiger partial charge in [0.2, 0.25) is 5.91 Å². The quantitative estimate of drug-likeness (QED) is 0.196. The topological polar surface area (TPSA) is 87.2 Å². The van der Waals surface area contributed by atoms with Crippen LogP contribution in [0.4, 0.5) is 5.69 Å². The Bertz CT molecular complexity index is 1130. The van der Waals surface area contributed by atoms with Crippen LogP contribution in [0.3, 0.4) is 0 Å². The van der Waals surface area contributed by atoms with Gasteiger partial charge in [-0.1, -0.05) is 50.9 Å². The maximum Gasteiger partial charge on any atom is 0.310 e. The number of amides is 2. The number of aliphatic hydroxyl groups is 1. The van der Waals surface area contributed by atoms with Gasteiger partial charge in [0.15, 0.2) is 0 Å². The van der Waals surface area contributed by atoms with Crippen LogP contribution in [-0.4, -0.2) is 69.6 Å². The summed E-state index contributed by atoms with van der Waals surface area (Å²) in [6.07, 6.45) is 6.29. The molecule has 3 unspecified atom stereocenters. The average Bonchev–Trinajstić information content (AvgIpc) is 3.54. The van der Waals surface area contributed by atoms with Gasteiger partial charge in [0.05, 0.1) is 35.8 Å². The molecule has 1 spiro atoms. The van der Waals surface area contributed by atoms with Crippen molar-refractivity contribution in [2.45, 2.75) is 68.5 Å². The predicted molar refractivity (Wildman–Crippen MR) is 160 cm³/mol. The summed E-state index contributed by atoms with van der Waals surface area (Å²) < 4.78 is 4.87. The van der Waals surface area contributed by atoms with Gasteiger partial charge in [0.25, 0.3) is 5.91 Å². The van der Waals surface area contributed by atoms with E-state index in [1.54, 1.807) is 58.0 Å². The summed E-state index contributed by atoms with van der Waals surface area (Å²) in [5.74, 6) is -2.20. The number of carbonyl (C=O) groups is 3. The minimum Gasteiger partial charge on any atom is -0.465 e. The molecule has 0 aliphatic carbocycles. The zero-order valence-corrected chi connectivity index (χ0v) is 25.2. The third kappa shape index (κ3) is 5.12. The number of carbonyl (C=O) groups excluding carboxylic acids is 3. The Kier molecular flexibility index (Phi) is 9.74. The lowest BCUT2D eigenvalue weighted by molar-refractivity contribution is -0.155. The van der Waals surface area contributed by atoms with Crippen LogP contribution in [0.2, 0.25) is 5.02 Å². The van der Waals surface area contributed by atoms with Crippen LogP contribution < -0.4 is 4.90 Å². The number of rotatable bonds is 13. The van der Waals surface area contributed by atoms with Crippen LogP contribution in [-0.2, 0) is 19.1 Å². The fraction of sp³-hybridized carbons (Fsp3) is 0.581. The molecule has 3 heterocycles. The lowest BCUT2D eigenvalue weighted by atomic mass is 9.66. The molecule has 1 aromatic carbocycles. The first-order valence-electron chi connectivity index (χ1n) is 14.2. The normalized spacial score (nSPS) is 30.1. The fourth-order valence-electron chi connectivity index (χ4n) is 6.90. The molecule has 4 rings (SSSR count). The maximum absolute atomic E-state index is 14.7. The van der Waals surface area contributed by atoms with Crippen molar-refractivity contribution in [2.24, 2.45) is 23.7 Å². The number of halogens is 1. The number of hydrogen-bond acceptors (Lipinski definition) is 6. The number of thioether (sulfide) groups is 1. The fourth-order valence-corrected chi connectivity index (χ4v) is 9.41. The van der Waals surface area contributed by atoms with E-state index < -0.39 is 28.7 Å². The molecule has 3 aliphatic heterocycles. The summed E-state index contributed by atoms with van der Waals surface area (Å²) in [6.45, 7) is 13.9. The van der Waals surface area contributed by atoms with E-state index in [-0.39, 0.29) is 54.6 Å². The Morgan fingerprint density at radius 3 is 2.60 bits per heavy atom. The molecule has 0 aromatic heterocycles. The van der Waals surface area contributed by atoms with E-state index in [1.807, 2.05) is 13.8 Å². The molecule has 3 aliphatic rings. The Labute approximate surface area is 246 Å². The number of aliphatic hydroxyl groups excluding tert-OH is 1. The summed E-state index contributed by atoms with van der Waals surface area (Å²) >= 11 is 7.75. The lowest BCUT2D eigenvalue weighted by Crippen LogP contribution is -2.60. The largest absolute Gasteiger partial charge is 0.465 e. The standard InChI is InChI=1S/C31H41ClN2O5S/c1-6-9-10-16-39-30(38)25-24-17-20(5)31(40-24)26(25)28(36)34(23(18-35)19(4)8-3)27(31)29(37)33(15-7-2)22-13-11-21(32)12-14-22/h6-7,11-14,19-20,23-27,35H,1-2,8-10,15-18H2,3-5H3/t19-,20?,23-,24-,25+,26-,27?,31?/m0/s1. The lowest BCUT2D eigenvalue weighted by Gasteiger charge is -2.43. The molecule has 218 valence electrons. The molecular weight excluding hydrogens is 548 g/mol. The molecule has 1 N–H and O–H groups in total. The van der Waals surface area contributed by atoms with Crippen molar-refractivity contribution >= 4 is 46.8 Å². The monoisotopic (exact) mass is 588 g/mol. The van der Waals surface area contributed by atoms with E-state index in [1.165, 1.54) is 0 Å². The van der Waals surface area contributed by atoms with E-state index >= 15 is 0 Å². The Morgan fingerprint density at radius 2 is 2.00 bits per heavy atom. The van der Waals surface area contributed by atoms with E-state index in [9.17, 15) is 19.5 Å². The summed E-state index contributed by atoms with van der Waals surface area (Å²) in [6, 6.07) is 5.61. The third-order valence-corrected chi connectivity index (χ3v) is 11.4. The number of likely N-dealkylation sites (tertiary alicyclic amines) is 1. The molecule has 8 atom stereocenters. The highest BCUT2D eigenvalue weighted by molar-refractivity contribution is 8.02. The van der Waals surface area contributed by atoms with Gasteiger partial charge in [-0.3, -0.25) is 14.4 Å². The van der Waals surface area contributed by atoms with Crippen molar-refractivity contribution in [1.82, 2.24) is 4.90 Å². The molecule has 2 amide bonds. The van der Waals surface area contributed by atoms with Crippen molar-refractivity contribution in [3.8, 4) is 0 Å². The molecule has 1 aromatic rings. The number of hydrogen-bond donors (Lipinski definition) is 1. The van der Waals surface area contributed by atoms with Crippen LogP contribution in [0, 0.1) is 23.7 Å². The number of allylic oxidation sites excluding steroid dienone is 1.